The first-order valence-corrected chi connectivity index (χ1v) is 9.50. The molecular formula is C21H32N2O7. The number of hydrogen-bond acceptors (Lipinski definition) is 7. The Balaban J connectivity index is 2.54. The molecule has 0 fully saturated rings. The summed E-state index contributed by atoms with van der Waals surface area (Å²) in [5.74, 6) is 0.184. The van der Waals surface area contributed by atoms with E-state index in [0.29, 0.717) is 23.7 Å². The maximum atomic E-state index is 12.1. The van der Waals surface area contributed by atoms with Gasteiger partial charge in [-0.2, -0.15) is 0 Å². The highest BCUT2D eigenvalue weighted by Gasteiger charge is 2.19. The Kier molecular flexibility index (Phi) is 9.42. The number of ether oxygens (including phenoxy) is 4. The number of aryl methyl sites for hydroxylation is 1. The van der Waals surface area contributed by atoms with Gasteiger partial charge in [0.2, 0.25) is 11.7 Å². The molecule has 2 amide bonds. The van der Waals surface area contributed by atoms with Gasteiger partial charge in [0.05, 0.1) is 27.9 Å². The number of benzene rings is 1. The highest BCUT2D eigenvalue weighted by Crippen LogP contribution is 2.38. The molecule has 0 atom stereocenters. The number of amides is 2. The van der Waals surface area contributed by atoms with E-state index in [-0.39, 0.29) is 24.4 Å². The quantitative estimate of drug-likeness (QED) is 0.569. The van der Waals surface area contributed by atoms with E-state index < -0.39 is 18.5 Å². The minimum absolute atomic E-state index is 0.0696. The lowest BCUT2D eigenvalue weighted by atomic mass is 10.1. The van der Waals surface area contributed by atoms with Crippen LogP contribution in [0, 0.1) is 0 Å². The summed E-state index contributed by atoms with van der Waals surface area (Å²) in [6, 6.07) is 3.50. The van der Waals surface area contributed by atoms with Crippen molar-refractivity contribution in [3.05, 3.63) is 17.7 Å². The number of carbonyl (C=O) groups is 3. The molecule has 1 rings (SSSR count). The van der Waals surface area contributed by atoms with Crippen LogP contribution in [-0.2, 0) is 25.5 Å². The highest BCUT2D eigenvalue weighted by molar-refractivity contribution is 5.86. The lowest BCUT2D eigenvalue weighted by Crippen LogP contribution is -2.46. The molecule has 0 spiro atoms. The summed E-state index contributed by atoms with van der Waals surface area (Å²) >= 11 is 0. The summed E-state index contributed by atoms with van der Waals surface area (Å²) in [6.07, 6.45) is 0.438. The Labute approximate surface area is 177 Å². The smallest absolute Gasteiger partial charge is 0.306 e. The second-order valence-corrected chi connectivity index (χ2v) is 7.74. The molecule has 1 N–H and O–H groups in total. The first-order valence-electron chi connectivity index (χ1n) is 9.50. The molecular weight excluding hydrogens is 392 g/mol. The van der Waals surface area contributed by atoms with Crippen LogP contribution in [0.2, 0.25) is 0 Å². The zero-order valence-corrected chi connectivity index (χ0v) is 18.8. The molecule has 1 aromatic rings. The van der Waals surface area contributed by atoms with Gasteiger partial charge in [0.1, 0.15) is 0 Å². The van der Waals surface area contributed by atoms with Gasteiger partial charge in [-0.05, 0) is 44.9 Å². The standard InChI is InChI=1S/C21H32N2O7/c1-21(2,3)22-17(24)12-23(4)18(25)13-30-19(26)9-8-14-10-15(27-5)20(29-7)16(11-14)28-6/h10-11H,8-9,12-13H2,1-7H3,(H,22,24). The van der Waals surface area contributed by atoms with E-state index in [1.54, 1.807) is 12.1 Å². The fraction of sp³-hybridized carbons (Fsp3) is 0.571. The lowest BCUT2D eigenvalue weighted by Gasteiger charge is -2.23. The first kappa shape index (κ1) is 25.1. The topological polar surface area (TPSA) is 103 Å². The lowest BCUT2D eigenvalue weighted by molar-refractivity contribution is -0.152. The molecule has 30 heavy (non-hydrogen) atoms. The zero-order valence-electron chi connectivity index (χ0n) is 18.8. The largest absolute Gasteiger partial charge is 0.493 e. The summed E-state index contributed by atoms with van der Waals surface area (Å²) in [5, 5.41) is 2.77. The zero-order chi connectivity index (χ0) is 22.9. The van der Waals surface area contributed by atoms with E-state index in [2.05, 4.69) is 5.32 Å². The van der Waals surface area contributed by atoms with Crippen molar-refractivity contribution >= 4 is 17.8 Å². The van der Waals surface area contributed by atoms with E-state index in [0.717, 1.165) is 5.56 Å². The third-order valence-corrected chi connectivity index (χ3v) is 4.02. The van der Waals surface area contributed by atoms with Crippen LogP contribution in [0.15, 0.2) is 12.1 Å². The number of nitrogens with zero attached hydrogens (tertiary/aromatic N) is 1. The molecule has 0 aromatic heterocycles. The van der Waals surface area contributed by atoms with Gasteiger partial charge in [-0.1, -0.05) is 0 Å². The molecule has 0 aliphatic carbocycles. The van der Waals surface area contributed by atoms with E-state index in [9.17, 15) is 14.4 Å². The predicted octanol–water partition coefficient (Wildman–Crippen LogP) is 1.56. The number of rotatable bonds is 10. The fourth-order valence-corrected chi connectivity index (χ4v) is 2.61. The average molecular weight is 424 g/mol. The Morgan fingerprint density at radius 1 is 1.00 bits per heavy atom. The van der Waals surface area contributed by atoms with E-state index in [1.165, 1.54) is 33.3 Å². The fourth-order valence-electron chi connectivity index (χ4n) is 2.61. The number of likely N-dealkylation sites (N-methyl/N-ethyl adjacent to an activating group) is 1. The maximum absolute atomic E-state index is 12.1. The summed E-state index contributed by atoms with van der Waals surface area (Å²) in [4.78, 5) is 37.2. The van der Waals surface area contributed by atoms with Crippen molar-refractivity contribution in [1.82, 2.24) is 10.2 Å². The first-order chi connectivity index (χ1) is 14.0. The van der Waals surface area contributed by atoms with Crippen molar-refractivity contribution in [2.45, 2.75) is 39.2 Å². The number of nitrogens with one attached hydrogen (secondary N) is 1. The van der Waals surface area contributed by atoms with Gasteiger partial charge in [-0.15, -0.1) is 0 Å². The minimum Gasteiger partial charge on any atom is -0.493 e. The molecule has 0 heterocycles. The van der Waals surface area contributed by atoms with Crippen LogP contribution in [0.4, 0.5) is 0 Å². The summed E-state index contributed by atoms with van der Waals surface area (Å²) in [5.41, 5.74) is 0.406. The van der Waals surface area contributed by atoms with Crippen LogP contribution in [0.3, 0.4) is 0 Å². The van der Waals surface area contributed by atoms with E-state index >= 15 is 0 Å². The Hall–Kier alpha value is -2.97. The van der Waals surface area contributed by atoms with Gasteiger partial charge >= 0.3 is 5.97 Å². The summed E-state index contributed by atoms with van der Waals surface area (Å²) in [7, 11) is 6.02. The van der Waals surface area contributed by atoms with Crippen LogP contribution in [0.1, 0.15) is 32.8 Å². The Morgan fingerprint density at radius 3 is 2.03 bits per heavy atom. The minimum atomic E-state index is -0.523. The number of hydrogen-bond donors (Lipinski definition) is 1. The molecule has 0 unspecified atom stereocenters. The molecule has 1 aromatic carbocycles. The van der Waals surface area contributed by atoms with Gasteiger partial charge in [-0.3, -0.25) is 14.4 Å². The monoisotopic (exact) mass is 424 g/mol. The van der Waals surface area contributed by atoms with Crippen molar-refractivity contribution < 1.29 is 33.3 Å². The van der Waals surface area contributed by atoms with Crippen molar-refractivity contribution in [2.75, 3.05) is 41.5 Å². The Morgan fingerprint density at radius 2 is 1.57 bits per heavy atom. The van der Waals surface area contributed by atoms with Gasteiger partial charge in [-0.25, -0.2) is 0 Å². The van der Waals surface area contributed by atoms with Gasteiger partial charge in [0.15, 0.2) is 18.1 Å². The molecule has 9 nitrogen and oxygen atoms in total. The van der Waals surface area contributed by atoms with Gasteiger partial charge in [0, 0.05) is 19.0 Å². The highest BCUT2D eigenvalue weighted by atomic mass is 16.5. The third-order valence-electron chi connectivity index (χ3n) is 4.02. The third kappa shape index (κ3) is 8.18. The predicted molar refractivity (Wildman–Crippen MR) is 111 cm³/mol. The molecule has 0 radical (unpaired) electrons. The van der Waals surface area contributed by atoms with Gasteiger partial charge in [0.25, 0.3) is 5.91 Å². The molecule has 0 aliphatic heterocycles. The van der Waals surface area contributed by atoms with E-state index in [1.807, 2.05) is 20.8 Å². The van der Waals surface area contributed by atoms with Crippen LogP contribution in [0.25, 0.3) is 0 Å². The van der Waals surface area contributed by atoms with Crippen molar-refractivity contribution in [3.63, 3.8) is 0 Å². The van der Waals surface area contributed by atoms with Crippen molar-refractivity contribution in [1.29, 1.82) is 0 Å². The molecule has 0 aliphatic rings. The second kappa shape index (κ2) is 11.3. The number of methoxy groups -OCH3 is 3. The molecule has 0 saturated heterocycles. The van der Waals surface area contributed by atoms with Crippen LogP contribution in [0.5, 0.6) is 17.2 Å². The molecule has 0 saturated carbocycles. The van der Waals surface area contributed by atoms with E-state index in [4.69, 9.17) is 18.9 Å². The molecule has 0 bridgehead atoms. The maximum Gasteiger partial charge on any atom is 0.306 e. The summed E-state index contributed by atoms with van der Waals surface area (Å²) in [6.45, 7) is 5.01. The number of esters is 1. The van der Waals surface area contributed by atoms with Crippen molar-refractivity contribution in [2.24, 2.45) is 0 Å². The normalized spacial score (nSPS) is 10.8. The van der Waals surface area contributed by atoms with Crippen molar-refractivity contribution in [3.8, 4) is 17.2 Å². The molecule has 9 heteroatoms. The van der Waals surface area contributed by atoms with Crippen LogP contribution < -0.4 is 19.5 Å². The summed E-state index contributed by atoms with van der Waals surface area (Å²) < 4.78 is 20.9. The second-order valence-electron chi connectivity index (χ2n) is 7.74. The average Bonchev–Trinajstić information content (AvgIpc) is 2.67. The van der Waals surface area contributed by atoms with Crippen LogP contribution in [-0.4, -0.2) is 69.8 Å². The number of carbonyl (C=O) groups excluding carboxylic acids is 3. The van der Waals surface area contributed by atoms with Crippen LogP contribution >= 0.6 is 0 Å². The molecule has 168 valence electrons. The van der Waals surface area contributed by atoms with Gasteiger partial charge < -0.3 is 29.2 Å². The Bertz CT molecular complexity index is 731. The SMILES string of the molecule is COc1cc(CCC(=O)OCC(=O)N(C)CC(=O)NC(C)(C)C)cc(OC)c1OC.